The van der Waals surface area contributed by atoms with Crippen molar-refractivity contribution in [1.82, 2.24) is 25.1 Å². The van der Waals surface area contributed by atoms with E-state index >= 15 is 0 Å². The number of hydrogen-bond donors (Lipinski definition) is 2. The summed E-state index contributed by atoms with van der Waals surface area (Å²) in [4.78, 5) is 34.4. The zero-order valence-electron chi connectivity index (χ0n) is 16.2. The number of rotatable bonds is 3. The summed E-state index contributed by atoms with van der Waals surface area (Å²) >= 11 is 0. The Balaban J connectivity index is 1.52. The first kappa shape index (κ1) is 18.2. The Hall–Kier alpha value is -3.16. The van der Waals surface area contributed by atoms with Crippen LogP contribution < -0.4 is 5.56 Å². The van der Waals surface area contributed by atoms with Crippen molar-refractivity contribution in [3.05, 3.63) is 57.0 Å². The predicted molar refractivity (Wildman–Crippen MR) is 103 cm³/mol. The predicted octanol–water partition coefficient (Wildman–Crippen LogP) is 2.70. The molecule has 0 aromatic carbocycles. The molecule has 146 valence electrons. The SMILES string of the molecule is Cc1ccc(-c2nc(C)c(C(=O)N3CCC(c4cn[nH]c4C)CC3)c(=O)[nH]2)o1. The number of aryl methyl sites for hydroxylation is 3. The average molecular weight is 381 g/mol. The van der Waals surface area contributed by atoms with Crippen LogP contribution in [0, 0.1) is 20.8 Å². The van der Waals surface area contributed by atoms with E-state index in [1.54, 1.807) is 24.0 Å². The number of aromatic amines is 2. The Labute approximate surface area is 162 Å². The van der Waals surface area contributed by atoms with Crippen LogP contribution in [0.15, 0.2) is 27.5 Å². The van der Waals surface area contributed by atoms with Gasteiger partial charge in [-0.15, -0.1) is 0 Å². The Bertz CT molecular complexity index is 1070. The molecule has 8 nitrogen and oxygen atoms in total. The van der Waals surface area contributed by atoms with E-state index in [0.717, 1.165) is 24.3 Å². The highest BCUT2D eigenvalue weighted by Gasteiger charge is 2.28. The zero-order valence-corrected chi connectivity index (χ0v) is 16.2. The number of aromatic nitrogens is 4. The second-order valence-corrected chi connectivity index (χ2v) is 7.30. The first-order valence-electron chi connectivity index (χ1n) is 9.41. The van der Waals surface area contributed by atoms with E-state index in [9.17, 15) is 9.59 Å². The molecule has 1 fully saturated rings. The average Bonchev–Trinajstić information content (AvgIpc) is 3.29. The number of piperidine rings is 1. The molecule has 8 heteroatoms. The molecule has 1 saturated heterocycles. The van der Waals surface area contributed by atoms with Gasteiger partial charge in [-0.25, -0.2) is 4.98 Å². The van der Waals surface area contributed by atoms with E-state index in [1.165, 1.54) is 5.56 Å². The molecule has 3 aromatic rings. The van der Waals surface area contributed by atoms with Crippen LogP contribution in [0.5, 0.6) is 0 Å². The number of carbonyl (C=O) groups is 1. The van der Waals surface area contributed by atoms with Crippen LogP contribution in [0.4, 0.5) is 0 Å². The summed E-state index contributed by atoms with van der Waals surface area (Å²) < 4.78 is 5.52. The Kier molecular flexibility index (Phi) is 4.62. The molecule has 1 aliphatic rings. The quantitative estimate of drug-likeness (QED) is 0.725. The van der Waals surface area contributed by atoms with Gasteiger partial charge in [0.25, 0.3) is 11.5 Å². The van der Waals surface area contributed by atoms with Crippen molar-refractivity contribution in [2.24, 2.45) is 0 Å². The van der Waals surface area contributed by atoms with Crippen molar-refractivity contribution in [1.29, 1.82) is 0 Å². The molecule has 3 aromatic heterocycles. The maximum absolute atomic E-state index is 13.0. The Morgan fingerprint density at radius 1 is 1.21 bits per heavy atom. The van der Waals surface area contributed by atoms with E-state index in [1.807, 2.05) is 20.0 Å². The maximum atomic E-state index is 13.0. The van der Waals surface area contributed by atoms with Gasteiger partial charge in [0.2, 0.25) is 0 Å². The highest BCUT2D eigenvalue weighted by Crippen LogP contribution is 2.29. The van der Waals surface area contributed by atoms with Gasteiger partial charge in [0.15, 0.2) is 11.6 Å². The third-order valence-electron chi connectivity index (χ3n) is 5.38. The normalized spacial score (nSPS) is 15.2. The highest BCUT2D eigenvalue weighted by atomic mass is 16.3. The van der Waals surface area contributed by atoms with Crippen molar-refractivity contribution in [3.63, 3.8) is 0 Å². The fourth-order valence-corrected chi connectivity index (χ4v) is 3.84. The largest absolute Gasteiger partial charge is 0.458 e. The molecule has 0 unspecified atom stereocenters. The summed E-state index contributed by atoms with van der Waals surface area (Å²) in [6.07, 6.45) is 3.56. The number of likely N-dealkylation sites (tertiary alicyclic amines) is 1. The molecule has 1 amide bonds. The standard InChI is InChI=1S/C20H23N5O3/c1-11-4-5-16(28-11)18-22-13(3)17(19(26)23-18)20(27)25-8-6-14(7-9-25)15-10-21-24-12(15)2/h4-5,10,14H,6-9H2,1-3H3,(H,21,24)(H,22,23,26). The number of hydrogen-bond acceptors (Lipinski definition) is 5. The Morgan fingerprint density at radius 3 is 2.54 bits per heavy atom. The second-order valence-electron chi connectivity index (χ2n) is 7.30. The lowest BCUT2D eigenvalue weighted by Crippen LogP contribution is -2.41. The number of amides is 1. The second kappa shape index (κ2) is 7.10. The number of furan rings is 1. The smallest absolute Gasteiger partial charge is 0.264 e. The molecule has 4 rings (SSSR count). The summed E-state index contributed by atoms with van der Waals surface area (Å²) in [5.74, 6) is 1.65. The van der Waals surface area contributed by atoms with Crippen molar-refractivity contribution in [3.8, 4) is 11.6 Å². The van der Waals surface area contributed by atoms with Crippen LogP contribution in [0.2, 0.25) is 0 Å². The van der Waals surface area contributed by atoms with Gasteiger partial charge in [-0.3, -0.25) is 14.7 Å². The molecular weight excluding hydrogens is 358 g/mol. The molecule has 0 atom stereocenters. The number of H-pyrrole nitrogens is 2. The molecule has 0 radical (unpaired) electrons. The van der Waals surface area contributed by atoms with Crippen LogP contribution in [0.25, 0.3) is 11.6 Å². The summed E-state index contributed by atoms with van der Waals surface area (Å²) in [5, 5.41) is 7.06. The lowest BCUT2D eigenvalue weighted by atomic mass is 9.89. The van der Waals surface area contributed by atoms with Crippen LogP contribution in [-0.2, 0) is 0 Å². The molecule has 1 aliphatic heterocycles. The van der Waals surface area contributed by atoms with E-state index in [2.05, 4.69) is 20.2 Å². The molecule has 2 N–H and O–H groups in total. The van der Waals surface area contributed by atoms with Gasteiger partial charge in [0.1, 0.15) is 11.3 Å². The maximum Gasteiger partial charge on any atom is 0.264 e. The van der Waals surface area contributed by atoms with Gasteiger partial charge >= 0.3 is 0 Å². The van der Waals surface area contributed by atoms with Crippen LogP contribution >= 0.6 is 0 Å². The summed E-state index contributed by atoms with van der Waals surface area (Å²) in [6.45, 7) is 6.72. The summed E-state index contributed by atoms with van der Waals surface area (Å²) in [5.41, 5.74) is 2.36. The van der Waals surface area contributed by atoms with Crippen molar-refractivity contribution in [2.45, 2.75) is 39.5 Å². The fraction of sp³-hybridized carbons (Fsp3) is 0.400. The topological polar surface area (TPSA) is 108 Å². The molecule has 0 spiro atoms. The Morgan fingerprint density at radius 2 is 1.96 bits per heavy atom. The van der Waals surface area contributed by atoms with E-state index < -0.39 is 5.56 Å². The van der Waals surface area contributed by atoms with Crippen LogP contribution in [0.1, 0.15) is 51.8 Å². The summed E-state index contributed by atoms with van der Waals surface area (Å²) in [6, 6.07) is 3.55. The number of carbonyl (C=O) groups excluding carboxylic acids is 1. The first-order chi connectivity index (χ1) is 13.4. The van der Waals surface area contributed by atoms with E-state index in [0.29, 0.717) is 36.3 Å². The molecular formula is C20H23N5O3. The van der Waals surface area contributed by atoms with Gasteiger partial charge in [-0.2, -0.15) is 5.10 Å². The molecule has 0 saturated carbocycles. The van der Waals surface area contributed by atoms with Gasteiger partial charge in [0.05, 0.1) is 11.9 Å². The third kappa shape index (κ3) is 3.26. The minimum Gasteiger partial charge on any atom is -0.458 e. The van der Waals surface area contributed by atoms with Crippen molar-refractivity contribution in [2.75, 3.05) is 13.1 Å². The number of nitrogens with one attached hydrogen (secondary N) is 2. The minimum atomic E-state index is -0.436. The van der Waals surface area contributed by atoms with E-state index in [-0.39, 0.29) is 11.5 Å². The monoisotopic (exact) mass is 381 g/mol. The van der Waals surface area contributed by atoms with Gasteiger partial charge in [-0.1, -0.05) is 0 Å². The lowest BCUT2D eigenvalue weighted by molar-refractivity contribution is 0.0710. The minimum absolute atomic E-state index is 0.102. The van der Waals surface area contributed by atoms with Crippen molar-refractivity contribution >= 4 is 5.91 Å². The molecule has 28 heavy (non-hydrogen) atoms. The molecule has 4 heterocycles. The van der Waals surface area contributed by atoms with E-state index in [4.69, 9.17) is 4.42 Å². The van der Waals surface area contributed by atoms with Gasteiger partial charge in [0, 0.05) is 18.8 Å². The van der Waals surface area contributed by atoms with Crippen LogP contribution in [0.3, 0.4) is 0 Å². The molecule has 0 bridgehead atoms. The lowest BCUT2D eigenvalue weighted by Gasteiger charge is -2.32. The highest BCUT2D eigenvalue weighted by molar-refractivity contribution is 5.95. The zero-order chi connectivity index (χ0) is 19.8. The van der Waals surface area contributed by atoms with Gasteiger partial charge < -0.3 is 14.3 Å². The summed E-state index contributed by atoms with van der Waals surface area (Å²) in [7, 11) is 0. The third-order valence-corrected chi connectivity index (χ3v) is 5.38. The number of nitrogens with zero attached hydrogens (tertiary/aromatic N) is 3. The first-order valence-corrected chi connectivity index (χ1v) is 9.41. The molecule has 0 aliphatic carbocycles. The van der Waals surface area contributed by atoms with Crippen molar-refractivity contribution < 1.29 is 9.21 Å². The fourth-order valence-electron chi connectivity index (χ4n) is 3.84. The van der Waals surface area contributed by atoms with Gasteiger partial charge in [-0.05, 0) is 57.2 Å². The van der Waals surface area contributed by atoms with Crippen LogP contribution in [-0.4, -0.2) is 44.1 Å².